The number of aromatic nitrogens is 2. The third kappa shape index (κ3) is 3.68. The van der Waals surface area contributed by atoms with E-state index in [0.29, 0.717) is 18.8 Å². The SMILES string of the molecule is O=C(CCC(F)(F)F)N1CCCCC1c1ncon1. The largest absolute Gasteiger partial charge is 0.389 e. The molecule has 2 heterocycles. The van der Waals surface area contributed by atoms with Crippen molar-refractivity contribution in [2.24, 2.45) is 0 Å². The Balaban J connectivity index is 2.01. The van der Waals surface area contributed by atoms with Crippen LogP contribution in [0.3, 0.4) is 0 Å². The number of nitrogens with zero attached hydrogens (tertiary/aromatic N) is 3. The standard InChI is InChI=1S/C11H14F3N3O2/c12-11(13,14)5-4-9(18)17-6-2-1-3-8(17)10-15-7-19-16-10/h7-8H,1-6H2. The molecule has 1 saturated heterocycles. The van der Waals surface area contributed by atoms with Gasteiger partial charge in [0, 0.05) is 13.0 Å². The summed E-state index contributed by atoms with van der Waals surface area (Å²) in [6.45, 7) is 0.440. The molecule has 0 saturated carbocycles. The van der Waals surface area contributed by atoms with E-state index in [1.165, 1.54) is 4.90 Å². The fourth-order valence-corrected chi connectivity index (χ4v) is 2.22. The van der Waals surface area contributed by atoms with Crippen molar-refractivity contribution in [3.63, 3.8) is 0 Å². The number of piperidine rings is 1. The molecule has 0 spiro atoms. The van der Waals surface area contributed by atoms with Gasteiger partial charge in [0.05, 0.1) is 12.5 Å². The number of hydrogen-bond acceptors (Lipinski definition) is 4. The van der Waals surface area contributed by atoms with Gasteiger partial charge in [0.25, 0.3) is 0 Å². The van der Waals surface area contributed by atoms with E-state index in [9.17, 15) is 18.0 Å². The lowest BCUT2D eigenvalue weighted by atomic mass is 10.0. The second kappa shape index (κ2) is 5.58. The van der Waals surface area contributed by atoms with Crippen LogP contribution >= 0.6 is 0 Å². The van der Waals surface area contributed by atoms with Gasteiger partial charge in [0.1, 0.15) is 0 Å². The summed E-state index contributed by atoms with van der Waals surface area (Å²) >= 11 is 0. The molecule has 1 aromatic rings. The molecule has 19 heavy (non-hydrogen) atoms. The average molecular weight is 277 g/mol. The topological polar surface area (TPSA) is 59.2 Å². The van der Waals surface area contributed by atoms with Crippen LogP contribution in [-0.4, -0.2) is 33.7 Å². The fraction of sp³-hybridized carbons (Fsp3) is 0.727. The van der Waals surface area contributed by atoms with Crippen LogP contribution < -0.4 is 0 Å². The van der Waals surface area contributed by atoms with Crippen LogP contribution in [0.5, 0.6) is 0 Å². The molecular weight excluding hydrogens is 263 g/mol. The molecule has 1 fully saturated rings. The van der Waals surface area contributed by atoms with E-state index >= 15 is 0 Å². The van der Waals surface area contributed by atoms with Crippen LogP contribution in [0.25, 0.3) is 0 Å². The highest BCUT2D eigenvalue weighted by Crippen LogP contribution is 2.30. The normalized spacial score (nSPS) is 20.6. The van der Waals surface area contributed by atoms with Gasteiger partial charge < -0.3 is 9.42 Å². The summed E-state index contributed by atoms with van der Waals surface area (Å²) in [6.07, 6.45) is -2.46. The molecule has 1 unspecified atom stereocenters. The molecule has 1 aliphatic heterocycles. The Bertz CT molecular complexity index is 419. The highest BCUT2D eigenvalue weighted by atomic mass is 19.4. The lowest BCUT2D eigenvalue weighted by molar-refractivity contribution is -0.151. The van der Waals surface area contributed by atoms with E-state index in [0.717, 1.165) is 19.2 Å². The van der Waals surface area contributed by atoms with Gasteiger partial charge in [-0.2, -0.15) is 18.2 Å². The maximum atomic E-state index is 12.1. The van der Waals surface area contributed by atoms with Crippen LogP contribution in [0, 0.1) is 0 Å². The number of carbonyl (C=O) groups excluding carboxylic acids is 1. The maximum absolute atomic E-state index is 12.1. The minimum Gasteiger partial charge on any atom is -0.343 e. The summed E-state index contributed by atoms with van der Waals surface area (Å²) in [5, 5.41) is 3.68. The summed E-state index contributed by atoms with van der Waals surface area (Å²) in [5.41, 5.74) is 0. The van der Waals surface area contributed by atoms with Gasteiger partial charge in [0.2, 0.25) is 12.3 Å². The summed E-state index contributed by atoms with van der Waals surface area (Å²) in [5.74, 6) is -0.146. The number of hydrogen-bond donors (Lipinski definition) is 0. The number of amides is 1. The first kappa shape index (κ1) is 13.8. The second-order valence-corrected chi connectivity index (χ2v) is 4.50. The number of rotatable bonds is 3. The summed E-state index contributed by atoms with van der Waals surface area (Å²) in [7, 11) is 0. The molecule has 0 aromatic carbocycles. The predicted molar refractivity (Wildman–Crippen MR) is 57.9 cm³/mol. The van der Waals surface area contributed by atoms with Crippen molar-refractivity contribution in [2.75, 3.05) is 6.54 Å². The molecule has 8 heteroatoms. The highest BCUT2D eigenvalue weighted by Gasteiger charge is 2.34. The highest BCUT2D eigenvalue weighted by molar-refractivity contribution is 5.76. The lowest BCUT2D eigenvalue weighted by Gasteiger charge is -2.34. The fourth-order valence-electron chi connectivity index (χ4n) is 2.22. The van der Waals surface area contributed by atoms with E-state index in [-0.39, 0.29) is 6.04 Å². The van der Waals surface area contributed by atoms with Gasteiger partial charge in [-0.3, -0.25) is 4.79 Å². The van der Waals surface area contributed by atoms with Gasteiger partial charge in [-0.25, -0.2) is 0 Å². The third-order valence-electron chi connectivity index (χ3n) is 3.12. The third-order valence-corrected chi connectivity index (χ3v) is 3.12. The number of halogens is 3. The minimum absolute atomic E-state index is 0.361. The van der Waals surface area contributed by atoms with Gasteiger partial charge >= 0.3 is 6.18 Å². The van der Waals surface area contributed by atoms with E-state index in [4.69, 9.17) is 0 Å². The maximum Gasteiger partial charge on any atom is 0.389 e. The Labute approximate surface area is 107 Å². The monoisotopic (exact) mass is 277 g/mol. The molecule has 1 atom stereocenters. The Morgan fingerprint density at radius 2 is 2.26 bits per heavy atom. The zero-order valence-corrected chi connectivity index (χ0v) is 10.2. The van der Waals surface area contributed by atoms with Crippen molar-refractivity contribution in [2.45, 2.75) is 44.3 Å². The van der Waals surface area contributed by atoms with Crippen molar-refractivity contribution in [1.82, 2.24) is 15.0 Å². The van der Waals surface area contributed by atoms with E-state index in [1.807, 2.05) is 0 Å². The average Bonchev–Trinajstić information content (AvgIpc) is 2.89. The molecule has 5 nitrogen and oxygen atoms in total. The van der Waals surface area contributed by atoms with Crippen LogP contribution in [0.1, 0.15) is 44.0 Å². The van der Waals surface area contributed by atoms with Crippen LogP contribution in [0.2, 0.25) is 0 Å². The minimum atomic E-state index is -4.31. The lowest BCUT2D eigenvalue weighted by Crippen LogP contribution is -2.39. The Morgan fingerprint density at radius 3 is 2.89 bits per heavy atom. The van der Waals surface area contributed by atoms with Crippen molar-refractivity contribution in [1.29, 1.82) is 0 Å². The zero-order chi connectivity index (χ0) is 13.9. The van der Waals surface area contributed by atoms with E-state index in [2.05, 4.69) is 14.7 Å². The van der Waals surface area contributed by atoms with Crippen molar-refractivity contribution in [3.8, 4) is 0 Å². The molecule has 1 amide bonds. The van der Waals surface area contributed by atoms with E-state index in [1.54, 1.807) is 0 Å². The van der Waals surface area contributed by atoms with Gasteiger partial charge in [-0.1, -0.05) is 5.16 Å². The zero-order valence-electron chi connectivity index (χ0n) is 10.2. The predicted octanol–water partition coefficient (Wildman–Crippen LogP) is 2.47. The van der Waals surface area contributed by atoms with Crippen molar-refractivity contribution in [3.05, 3.63) is 12.2 Å². The van der Waals surface area contributed by atoms with Gasteiger partial charge in [0.15, 0.2) is 5.82 Å². The number of carbonyl (C=O) groups is 1. The molecule has 0 N–H and O–H groups in total. The molecule has 0 aliphatic carbocycles. The second-order valence-electron chi connectivity index (χ2n) is 4.50. The Hall–Kier alpha value is -1.60. The Morgan fingerprint density at radius 1 is 1.47 bits per heavy atom. The quantitative estimate of drug-likeness (QED) is 0.851. The summed E-state index contributed by atoms with van der Waals surface area (Å²) in [6, 6.07) is -0.367. The molecule has 0 bridgehead atoms. The smallest absolute Gasteiger partial charge is 0.343 e. The number of alkyl halides is 3. The first-order chi connectivity index (χ1) is 8.97. The van der Waals surface area contributed by atoms with Crippen LogP contribution in [0.15, 0.2) is 10.9 Å². The molecule has 1 aliphatic rings. The summed E-state index contributed by atoms with van der Waals surface area (Å²) in [4.78, 5) is 17.2. The number of likely N-dealkylation sites (tertiary alicyclic amines) is 1. The molecule has 106 valence electrons. The first-order valence-electron chi connectivity index (χ1n) is 6.10. The molecular formula is C11H14F3N3O2. The molecule has 0 radical (unpaired) electrons. The van der Waals surface area contributed by atoms with E-state index < -0.39 is 24.9 Å². The molecule has 2 rings (SSSR count). The van der Waals surface area contributed by atoms with Crippen molar-refractivity contribution >= 4 is 5.91 Å². The van der Waals surface area contributed by atoms with Crippen LogP contribution in [0.4, 0.5) is 13.2 Å². The van der Waals surface area contributed by atoms with Crippen LogP contribution in [-0.2, 0) is 4.79 Å². The molecule has 1 aromatic heterocycles. The van der Waals surface area contributed by atoms with Crippen molar-refractivity contribution < 1.29 is 22.5 Å². The first-order valence-corrected chi connectivity index (χ1v) is 6.10. The Kier molecular flexibility index (Phi) is 4.06. The van der Waals surface area contributed by atoms with Gasteiger partial charge in [-0.15, -0.1) is 0 Å². The van der Waals surface area contributed by atoms with Gasteiger partial charge in [-0.05, 0) is 19.3 Å². The summed E-state index contributed by atoms with van der Waals surface area (Å²) < 4.78 is 41.1.